The Morgan fingerprint density at radius 2 is 2.31 bits per heavy atom. The van der Waals surface area contributed by atoms with Gasteiger partial charge in [0, 0.05) is 18.7 Å². The summed E-state index contributed by atoms with van der Waals surface area (Å²) in [6.07, 6.45) is 3.46. The Bertz CT molecular complexity index is 301. The standard InChI is InChI=1S/C12H19NO3/c1-2-13(5-11-3-4-15-6-11)7-12(8-14)9-16-10-12/h3-4,6,14H,2,5,7-10H2,1H3. The van der Waals surface area contributed by atoms with Gasteiger partial charge in [-0.05, 0) is 12.6 Å². The number of furan rings is 1. The van der Waals surface area contributed by atoms with Crippen LogP contribution in [0.4, 0.5) is 0 Å². The van der Waals surface area contributed by atoms with Gasteiger partial charge in [-0.15, -0.1) is 0 Å². The Balaban J connectivity index is 1.90. The number of hydrogen-bond acceptors (Lipinski definition) is 4. The van der Waals surface area contributed by atoms with Crippen LogP contribution in [0.2, 0.25) is 0 Å². The highest BCUT2D eigenvalue weighted by atomic mass is 16.5. The summed E-state index contributed by atoms with van der Waals surface area (Å²) in [6, 6.07) is 1.98. The Kier molecular flexibility index (Phi) is 3.63. The van der Waals surface area contributed by atoms with Gasteiger partial charge < -0.3 is 14.3 Å². The van der Waals surface area contributed by atoms with Crippen molar-refractivity contribution in [3.8, 4) is 0 Å². The van der Waals surface area contributed by atoms with Crippen molar-refractivity contribution in [3.63, 3.8) is 0 Å². The lowest BCUT2D eigenvalue weighted by molar-refractivity contribution is -0.148. The minimum Gasteiger partial charge on any atom is -0.472 e. The van der Waals surface area contributed by atoms with Crippen LogP contribution in [0, 0.1) is 5.41 Å². The highest BCUT2D eigenvalue weighted by molar-refractivity contribution is 5.05. The summed E-state index contributed by atoms with van der Waals surface area (Å²) >= 11 is 0. The van der Waals surface area contributed by atoms with E-state index in [0.29, 0.717) is 13.2 Å². The molecular formula is C12H19NO3. The number of hydrogen-bond donors (Lipinski definition) is 1. The molecule has 2 heterocycles. The normalized spacial score (nSPS) is 18.7. The van der Waals surface area contributed by atoms with Crippen LogP contribution in [0.5, 0.6) is 0 Å². The summed E-state index contributed by atoms with van der Waals surface area (Å²) in [6.45, 7) is 6.39. The Morgan fingerprint density at radius 3 is 2.75 bits per heavy atom. The zero-order valence-corrected chi connectivity index (χ0v) is 9.69. The summed E-state index contributed by atoms with van der Waals surface area (Å²) in [5.41, 5.74) is 1.13. The van der Waals surface area contributed by atoms with E-state index < -0.39 is 0 Å². The quantitative estimate of drug-likeness (QED) is 0.787. The molecule has 0 amide bonds. The number of aliphatic hydroxyl groups is 1. The van der Waals surface area contributed by atoms with Crippen molar-refractivity contribution in [2.24, 2.45) is 5.41 Å². The lowest BCUT2D eigenvalue weighted by Crippen LogP contribution is -2.53. The van der Waals surface area contributed by atoms with Crippen LogP contribution < -0.4 is 0 Å². The molecular weight excluding hydrogens is 206 g/mol. The average Bonchev–Trinajstić information content (AvgIpc) is 2.74. The van der Waals surface area contributed by atoms with Crippen LogP contribution in [-0.4, -0.2) is 42.9 Å². The molecule has 0 aromatic carbocycles. The molecule has 90 valence electrons. The van der Waals surface area contributed by atoms with Gasteiger partial charge in [-0.25, -0.2) is 0 Å². The lowest BCUT2D eigenvalue weighted by Gasteiger charge is -2.43. The highest BCUT2D eigenvalue weighted by Gasteiger charge is 2.39. The van der Waals surface area contributed by atoms with Gasteiger partial charge in [-0.1, -0.05) is 6.92 Å². The third-order valence-corrected chi connectivity index (χ3v) is 3.14. The molecule has 1 aliphatic heterocycles. The maximum absolute atomic E-state index is 9.38. The fourth-order valence-electron chi connectivity index (χ4n) is 2.02. The van der Waals surface area contributed by atoms with Gasteiger partial charge in [0.1, 0.15) is 0 Å². The van der Waals surface area contributed by atoms with Crippen molar-refractivity contribution >= 4 is 0 Å². The third kappa shape index (κ3) is 2.45. The van der Waals surface area contributed by atoms with Gasteiger partial charge in [-0.2, -0.15) is 0 Å². The molecule has 0 radical (unpaired) electrons. The highest BCUT2D eigenvalue weighted by Crippen LogP contribution is 2.28. The van der Waals surface area contributed by atoms with Gasteiger partial charge in [0.15, 0.2) is 0 Å². The van der Waals surface area contributed by atoms with Crippen LogP contribution in [0.3, 0.4) is 0 Å². The van der Waals surface area contributed by atoms with Gasteiger partial charge >= 0.3 is 0 Å². The van der Waals surface area contributed by atoms with E-state index in [1.54, 1.807) is 12.5 Å². The van der Waals surface area contributed by atoms with Crippen LogP contribution in [0.15, 0.2) is 23.0 Å². The van der Waals surface area contributed by atoms with Crippen molar-refractivity contribution in [3.05, 3.63) is 24.2 Å². The van der Waals surface area contributed by atoms with Crippen molar-refractivity contribution < 1.29 is 14.3 Å². The Labute approximate surface area is 95.8 Å². The maximum atomic E-state index is 9.38. The molecule has 2 rings (SSSR count). The van der Waals surface area contributed by atoms with Crippen LogP contribution >= 0.6 is 0 Å². The summed E-state index contributed by atoms with van der Waals surface area (Å²) in [7, 11) is 0. The molecule has 1 aliphatic rings. The predicted molar refractivity (Wildman–Crippen MR) is 60.0 cm³/mol. The summed E-state index contributed by atoms with van der Waals surface area (Å²) in [5.74, 6) is 0. The monoisotopic (exact) mass is 225 g/mol. The fraction of sp³-hybridized carbons (Fsp3) is 0.667. The first-order valence-electron chi connectivity index (χ1n) is 5.70. The number of ether oxygens (including phenoxy) is 1. The van der Waals surface area contributed by atoms with Crippen LogP contribution in [0.1, 0.15) is 12.5 Å². The molecule has 1 N–H and O–H groups in total. The SMILES string of the molecule is CCN(Cc1ccoc1)CC1(CO)COC1. The van der Waals surface area contributed by atoms with E-state index in [4.69, 9.17) is 9.15 Å². The largest absolute Gasteiger partial charge is 0.472 e. The summed E-state index contributed by atoms with van der Waals surface area (Å²) in [5, 5.41) is 9.38. The van der Waals surface area contributed by atoms with Crippen molar-refractivity contribution in [2.45, 2.75) is 13.5 Å². The average molecular weight is 225 g/mol. The van der Waals surface area contributed by atoms with E-state index in [0.717, 1.165) is 19.6 Å². The van der Waals surface area contributed by atoms with E-state index in [2.05, 4.69) is 11.8 Å². The molecule has 0 unspecified atom stereocenters. The van der Waals surface area contributed by atoms with Crippen molar-refractivity contribution in [2.75, 3.05) is 32.9 Å². The predicted octanol–water partition coefficient (Wildman–Crippen LogP) is 1.11. The molecule has 4 nitrogen and oxygen atoms in total. The van der Waals surface area contributed by atoms with Crippen LogP contribution in [0.25, 0.3) is 0 Å². The number of aliphatic hydroxyl groups excluding tert-OH is 1. The zero-order chi connectivity index (χ0) is 11.4. The Morgan fingerprint density at radius 1 is 1.50 bits per heavy atom. The first-order valence-corrected chi connectivity index (χ1v) is 5.70. The second kappa shape index (κ2) is 4.99. The molecule has 0 saturated carbocycles. The number of nitrogens with zero attached hydrogens (tertiary/aromatic N) is 1. The minimum atomic E-state index is -0.0419. The molecule has 0 bridgehead atoms. The van der Waals surface area contributed by atoms with Crippen molar-refractivity contribution in [1.29, 1.82) is 0 Å². The molecule has 0 spiro atoms. The second-order valence-electron chi connectivity index (χ2n) is 4.59. The van der Waals surface area contributed by atoms with E-state index >= 15 is 0 Å². The molecule has 1 aromatic rings. The first kappa shape index (κ1) is 11.6. The molecule has 0 aliphatic carbocycles. The van der Waals surface area contributed by atoms with Gasteiger partial charge in [0.25, 0.3) is 0 Å². The van der Waals surface area contributed by atoms with E-state index in [-0.39, 0.29) is 12.0 Å². The minimum absolute atomic E-state index is 0.0419. The maximum Gasteiger partial charge on any atom is 0.0947 e. The van der Waals surface area contributed by atoms with Crippen LogP contribution in [-0.2, 0) is 11.3 Å². The first-order chi connectivity index (χ1) is 7.78. The fourth-order valence-corrected chi connectivity index (χ4v) is 2.02. The number of rotatable bonds is 6. The van der Waals surface area contributed by atoms with E-state index in [1.807, 2.05) is 6.07 Å². The van der Waals surface area contributed by atoms with Gasteiger partial charge in [-0.3, -0.25) is 4.90 Å². The molecule has 16 heavy (non-hydrogen) atoms. The molecule has 0 atom stereocenters. The van der Waals surface area contributed by atoms with Gasteiger partial charge in [0.2, 0.25) is 0 Å². The van der Waals surface area contributed by atoms with E-state index in [1.165, 1.54) is 5.56 Å². The smallest absolute Gasteiger partial charge is 0.0947 e. The molecule has 1 aromatic heterocycles. The van der Waals surface area contributed by atoms with Gasteiger partial charge in [0.05, 0.1) is 37.8 Å². The molecule has 1 saturated heterocycles. The third-order valence-electron chi connectivity index (χ3n) is 3.14. The summed E-state index contributed by atoms with van der Waals surface area (Å²) < 4.78 is 10.3. The second-order valence-corrected chi connectivity index (χ2v) is 4.59. The van der Waals surface area contributed by atoms with Crippen molar-refractivity contribution in [1.82, 2.24) is 4.90 Å². The molecule has 1 fully saturated rings. The summed E-state index contributed by atoms with van der Waals surface area (Å²) in [4.78, 5) is 2.31. The molecule has 4 heteroatoms. The topological polar surface area (TPSA) is 45.8 Å². The van der Waals surface area contributed by atoms with E-state index in [9.17, 15) is 5.11 Å². The zero-order valence-electron chi connectivity index (χ0n) is 9.69. The Hall–Kier alpha value is -0.840. The lowest BCUT2D eigenvalue weighted by atomic mass is 9.86.